The predicted octanol–water partition coefficient (Wildman–Crippen LogP) is 1.70. The van der Waals surface area contributed by atoms with Gasteiger partial charge in [-0.2, -0.15) is 0 Å². The van der Waals surface area contributed by atoms with Crippen molar-refractivity contribution < 1.29 is 17.5 Å². The summed E-state index contributed by atoms with van der Waals surface area (Å²) in [5.41, 5.74) is 0.474. The molecule has 2 rings (SSSR count). The zero-order valence-corrected chi connectivity index (χ0v) is 12.2. The van der Waals surface area contributed by atoms with E-state index in [0.29, 0.717) is 18.8 Å². The molecule has 1 saturated carbocycles. The van der Waals surface area contributed by atoms with Crippen LogP contribution in [0.25, 0.3) is 0 Å². The lowest BCUT2D eigenvalue weighted by molar-refractivity contribution is 0.175. The van der Waals surface area contributed by atoms with E-state index in [4.69, 9.17) is 9.88 Å². The number of nitrogens with two attached hydrogens (primary N) is 1. The molecule has 0 spiro atoms. The molecule has 20 heavy (non-hydrogen) atoms. The number of sulfonamides is 1. The van der Waals surface area contributed by atoms with Gasteiger partial charge in [-0.15, -0.1) is 0 Å². The third-order valence-corrected chi connectivity index (χ3v) is 4.63. The van der Waals surface area contributed by atoms with Gasteiger partial charge >= 0.3 is 0 Å². The topological polar surface area (TPSA) is 81.4 Å². The minimum absolute atomic E-state index is 0.182. The highest BCUT2D eigenvalue weighted by molar-refractivity contribution is 7.89. The fourth-order valence-corrected chi connectivity index (χ4v) is 2.63. The van der Waals surface area contributed by atoms with Gasteiger partial charge in [-0.3, -0.25) is 0 Å². The van der Waals surface area contributed by atoms with Gasteiger partial charge < -0.3 is 10.1 Å². The van der Waals surface area contributed by atoms with E-state index in [2.05, 4.69) is 5.32 Å². The van der Waals surface area contributed by atoms with Gasteiger partial charge in [0.05, 0.1) is 10.6 Å². The first-order valence-corrected chi connectivity index (χ1v) is 7.96. The van der Waals surface area contributed by atoms with Gasteiger partial charge in [0.1, 0.15) is 5.82 Å². The molecule has 1 aliphatic carbocycles. The van der Waals surface area contributed by atoms with Crippen LogP contribution in [0.1, 0.15) is 19.3 Å². The molecule has 1 aromatic carbocycles. The second-order valence-corrected chi connectivity index (χ2v) is 6.84. The Kier molecular flexibility index (Phi) is 4.31. The second kappa shape index (κ2) is 5.67. The van der Waals surface area contributed by atoms with Crippen LogP contribution >= 0.6 is 0 Å². The smallest absolute Gasteiger partial charge is 0.238 e. The number of benzene rings is 1. The Morgan fingerprint density at radius 1 is 1.45 bits per heavy atom. The molecule has 0 unspecified atom stereocenters. The van der Waals surface area contributed by atoms with Crippen molar-refractivity contribution >= 4 is 15.7 Å². The summed E-state index contributed by atoms with van der Waals surface area (Å²) in [5.74, 6) is -0.612. The lowest BCUT2D eigenvalue weighted by Crippen LogP contribution is -2.18. The summed E-state index contributed by atoms with van der Waals surface area (Å²) in [7, 11) is -2.21. The lowest BCUT2D eigenvalue weighted by Gasteiger charge is -2.17. The van der Waals surface area contributed by atoms with Crippen LogP contribution in [0.15, 0.2) is 23.1 Å². The molecule has 7 heteroatoms. The maximum atomic E-state index is 13.8. The van der Waals surface area contributed by atoms with Gasteiger partial charge in [-0.1, -0.05) is 0 Å². The molecule has 0 atom stereocenters. The number of primary sulfonamides is 1. The summed E-state index contributed by atoms with van der Waals surface area (Å²) >= 11 is 0. The summed E-state index contributed by atoms with van der Waals surface area (Å²) < 4.78 is 41.1. The van der Waals surface area contributed by atoms with Gasteiger partial charge in [-0.25, -0.2) is 17.9 Å². The number of rotatable bonds is 7. The minimum Gasteiger partial charge on any atom is -0.385 e. The quantitative estimate of drug-likeness (QED) is 0.803. The first kappa shape index (κ1) is 15.2. The Bertz CT molecular complexity index is 585. The van der Waals surface area contributed by atoms with E-state index < -0.39 is 15.8 Å². The van der Waals surface area contributed by atoms with Crippen molar-refractivity contribution in [3.05, 3.63) is 24.0 Å². The molecule has 3 N–H and O–H groups in total. The average molecular weight is 302 g/mol. The first-order valence-electron chi connectivity index (χ1n) is 6.41. The van der Waals surface area contributed by atoms with Crippen molar-refractivity contribution in [2.75, 3.05) is 25.6 Å². The van der Waals surface area contributed by atoms with E-state index in [9.17, 15) is 12.8 Å². The maximum Gasteiger partial charge on any atom is 0.238 e. The fraction of sp³-hybridized carbons (Fsp3) is 0.538. The molecule has 0 aromatic heterocycles. The van der Waals surface area contributed by atoms with E-state index in [0.717, 1.165) is 25.3 Å². The molecule has 0 aliphatic heterocycles. The Morgan fingerprint density at radius 2 is 2.15 bits per heavy atom. The first-order chi connectivity index (χ1) is 9.36. The van der Waals surface area contributed by atoms with Crippen molar-refractivity contribution in [3.8, 4) is 0 Å². The van der Waals surface area contributed by atoms with E-state index >= 15 is 0 Å². The number of ether oxygens (including phenoxy) is 1. The highest BCUT2D eigenvalue weighted by atomic mass is 32.2. The number of anilines is 1. The summed E-state index contributed by atoms with van der Waals surface area (Å²) in [6, 6.07) is 3.64. The zero-order valence-electron chi connectivity index (χ0n) is 11.4. The molecule has 5 nitrogen and oxygen atoms in total. The van der Waals surface area contributed by atoms with Crippen molar-refractivity contribution in [2.45, 2.75) is 24.2 Å². The second-order valence-electron chi connectivity index (χ2n) is 5.28. The number of halogens is 1. The van der Waals surface area contributed by atoms with Crippen molar-refractivity contribution in [2.24, 2.45) is 10.6 Å². The monoisotopic (exact) mass is 302 g/mol. The molecule has 0 bridgehead atoms. The molecule has 112 valence electrons. The van der Waals surface area contributed by atoms with E-state index in [1.165, 1.54) is 12.1 Å². The van der Waals surface area contributed by atoms with Gasteiger partial charge in [0.2, 0.25) is 10.0 Å². The standard InChI is InChI=1S/C13H19FN2O3S/c1-19-7-6-13(4-5-13)9-16-12-3-2-10(8-11(12)14)20(15,17)18/h2-3,8,16H,4-7,9H2,1H3,(H2,15,17,18). The van der Waals surface area contributed by atoms with E-state index in [1.807, 2.05) is 0 Å². The molecule has 1 fully saturated rings. The zero-order chi connectivity index (χ0) is 14.8. The van der Waals surface area contributed by atoms with Crippen LogP contribution in [0.5, 0.6) is 0 Å². The Labute approximate surface area is 118 Å². The molecule has 0 radical (unpaired) electrons. The predicted molar refractivity (Wildman–Crippen MR) is 74.4 cm³/mol. The van der Waals surface area contributed by atoms with Gasteiger partial charge in [0.25, 0.3) is 0 Å². The summed E-state index contributed by atoms with van der Waals surface area (Å²) in [5, 5.41) is 7.99. The highest BCUT2D eigenvalue weighted by Gasteiger charge is 2.41. The van der Waals surface area contributed by atoms with Gasteiger partial charge in [0, 0.05) is 20.3 Å². The molecular weight excluding hydrogens is 283 g/mol. The summed E-state index contributed by atoms with van der Waals surface area (Å²) in [4.78, 5) is -0.221. The number of hydrogen-bond acceptors (Lipinski definition) is 4. The molecular formula is C13H19FN2O3S. The molecule has 0 heterocycles. The van der Waals surface area contributed by atoms with Gasteiger partial charge in [-0.05, 0) is 42.9 Å². The molecule has 0 saturated heterocycles. The van der Waals surface area contributed by atoms with Crippen LogP contribution in [-0.2, 0) is 14.8 Å². The number of nitrogens with one attached hydrogen (secondary N) is 1. The molecule has 1 aliphatic rings. The minimum atomic E-state index is -3.87. The third-order valence-electron chi connectivity index (χ3n) is 3.72. The lowest BCUT2D eigenvalue weighted by atomic mass is 10.0. The third kappa shape index (κ3) is 3.68. The van der Waals surface area contributed by atoms with Crippen molar-refractivity contribution in [1.29, 1.82) is 0 Å². The summed E-state index contributed by atoms with van der Waals surface area (Å²) in [6.45, 7) is 1.34. The van der Waals surface area contributed by atoms with E-state index in [1.54, 1.807) is 7.11 Å². The largest absolute Gasteiger partial charge is 0.385 e. The van der Waals surface area contributed by atoms with Gasteiger partial charge in [0.15, 0.2) is 0 Å². The van der Waals surface area contributed by atoms with Crippen LogP contribution in [0, 0.1) is 11.2 Å². The Morgan fingerprint density at radius 3 is 2.65 bits per heavy atom. The fourth-order valence-electron chi connectivity index (χ4n) is 2.11. The van der Waals surface area contributed by atoms with Crippen LogP contribution < -0.4 is 10.5 Å². The van der Waals surface area contributed by atoms with Crippen molar-refractivity contribution in [3.63, 3.8) is 0 Å². The van der Waals surface area contributed by atoms with Crippen LogP contribution in [0.4, 0.5) is 10.1 Å². The Hall–Kier alpha value is -1.18. The van der Waals surface area contributed by atoms with Crippen LogP contribution in [0.3, 0.4) is 0 Å². The maximum absolute atomic E-state index is 13.8. The molecule has 1 aromatic rings. The Balaban J connectivity index is 2.01. The number of methoxy groups -OCH3 is 1. The SMILES string of the molecule is COCCC1(CNc2ccc(S(N)(=O)=O)cc2F)CC1. The van der Waals surface area contributed by atoms with Crippen molar-refractivity contribution in [1.82, 2.24) is 0 Å². The van der Waals surface area contributed by atoms with E-state index in [-0.39, 0.29) is 10.3 Å². The van der Waals surface area contributed by atoms with Crippen LogP contribution in [-0.4, -0.2) is 28.7 Å². The highest BCUT2D eigenvalue weighted by Crippen LogP contribution is 2.48. The summed E-state index contributed by atoms with van der Waals surface area (Å²) in [6.07, 6.45) is 3.13. The van der Waals surface area contributed by atoms with Crippen LogP contribution in [0.2, 0.25) is 0 Å². The average Bonchev–Trinajstić information content (AvgIpc) is 3.14. The number of hydrogen-bond donors (Lipinski definition) is 2. The molecule has 0 amide bonds. The normalized spacial score (nSPS) is 16.9.